The van der Waals surface area contributed by atoms with Crippen LogP contribution >= 0.6 is 0 Å². The standard InChI is InChI=1S/C16H24N2O/c1-3-12(2)14-10-18(9-8-17-14)15-11-19-16-7-5-4-6-13(15)16/h4-7,12,14-15,17H,3,8-11H2,1-2H3. The maximum Gasteiger partial charge on any atom is 0.124 e. The van der Waals surface area contributed by atoms with E-state index in [4.69, 9.17) is 4.74 Å². The number of para-hydroxylation sites is 1. The molecule has 104 valence electrons. The molecule has 1 fully saturated rings. The minimum absolute atomic E-state index is 0.449. The molecule has 2 heterocycles. The Hall–Kier alpha value is -1.06. The maximum absolute atomic E-state index is 5.82. The summed E-state index contributed by atoms with van der Waals surface area (Å²) in [5, 5.41) is 3.66. The van der Waals surface area contributed by atoms with Gasteiger partial charge < -0.3 is 10.1 Å². The molecule has 2 aliphatic heterocycles. The predicted molar refractivity (Wildman–Crippen MR) is 77.5 cm³/mol. The first-order chi connectivity index (χ1) is 9.29. The van der Waals surface area contributed by atoms with Gasteiger partial charge in [-0.05, 0) is 12.0 Å². The van der Waals surface area contributed by atoms with Gasteiger partial charge >= 0.3 is 0 Å². The number of piperazine rings is 1. The Kier molecular flexibility index (Phi) is 3.76. The number of benzene rings is 1. The van der Waals surface area contributed by atoms with Crippen LogP contribution in [0, 0.1) is 5.92 Å². The van der Waals surface area contributed by atoms with Crippen molar-refractivity contribution in [3.05, 3.63) is 29.8 Å². The van der Waals surface area contributed by atoms with E-state index in [9.17, 15) is 0 Å². The van der Waals surface area contributed by atoms with Crippen LogP contribution in [0.1, 0.15) is 31.9 Å². The van der Waals surface area contributed by atoms with Crippen molar-refractivity contribution in [3.8, 4) is 5.75 Å². The fourth-order valence-electron chi connectivity index (χ4n) is 3.20. The molecule has 3 rings (SSSR count). The van der Waals surface area contributed by atoms with Crippen molar-refractivity contribution in [2.45, 2.75) is 32.4 Å². The molecule has 0 amide bonds. The summed E-state index contributed by atoms with van der Waals surface area (Å²) < 4.78 is 5.82. The van der Waals surface area contributed by atoms with Crippen molar-refractivity contribution in [2.75, 3.05) is 26.2 Å². The van der Waals surface area contributed by atoms with Crippen molar-refractivity contribution in [1.82, 2.24) is 10.2 Å². The first-order valence-corrected chi connectivity index (χ1v) is 7.48. The third-order valence-electron chi connectivity index (χ3n) is 4.68. The maximum atomic E-state index is 5.82. The van der Waals surface area contributed by atoms with E-state index in [0.29, 0.717) is 12.1 Å². The molecule has 0 radical (unpaired) electrons. The van der Waals surface area contributed by atoms with Gasteiger partial charge in [0, 0.05) is 31.2 Å². The summed E-state index contributed by atoms with van der Waals surface area (Å²) in [6.07, 6.45) is 1.24. The van der Waals surface area contributed by atoms with Crippen LogP contribution in [0.25, 0.3) is 0 Å². The van der Waals surface area contributed by atoms with Gasteiger partial charge in [-0.1, -0.05) is 38.5 Å². The van der Waals surface area contributed by atoms with Crippen molar-refractivity contribution >= 4 is 0 Å². The second-order valence-corrected chi connectivity index (χ2v) is 5.81. The highest BCUT2D eigenvalue weighted by atomic mass is 16.5. The molecule has 0 aromatic heterocycles. The highest BCUT2D eigenvalue weighted by molar-refractivity contribution is 5.39. The molecule has 19 heavy (non-hydrogen) atoms. The van der Waals surface area contributed by atoms with Crippen LogP contribution < -0.4 is 10.1 Å². The molecule has 1 aromatic rings. The molecule has 0 saturated carbocycles. The van der Waals surface area contributed by atoms with Crippen LogP contribution in [0.2, 0.25) is 0 Å². The van der Waals surface area contributed by atoms with Crippen molar-refractivity contribution < 1.29 is 4.74 Å². The zero-order valence-corrected chi connectivity index (χ0v) is 11.9. The lowest BCUT2D eigenvalue weighted by atomic mass is 9.95. The molecule has 1 saturated heterocycles. The first kappa shape index (κ1) is 12.9. The average molecular weight is 260 g/mol. The summed E-state index contributed by atoms with van der Waals surface area (Å²) in [6.45, 7) is 8.78. The molecule has 3 nitrogen and oxygen atoms in total. The SMILES string of the molecule is CCC(C)C1CN(C2COc3ccccc32)CCN1. The Balaban J connectivity index is 1.73. The van der Waals surface area contributed by atoms with E-state index < -0.39 is 0 Å². The Morgan fingerprint density at radius 1 is 1.42 bits per heavy atom. The largest absolute Gasteiger partial charge is 0.491 e. The molecule has 0 spiro atoms. The topological polar surface area (TPSA) is 24.5 Å². The van der Waals surface area contributed by atoms with Crippen LogP contribution in [-0.4, -0.2) is 37.2 Å². The Morgan fingerprint density at radius 3 is 3.11 bits per heavy atom. The summed E-state index contributed by atoms with van der Waals surface area (Å²) in [6, 6.07) is 9.55. The molecular formula is C16H24N2O. The quantitative estimate of drug-likeness (QED) is 0.903. The van der Waals surface area contributed by atoms with Crippen molar-refractivity contribution in [1.29, 1.82) is 0 Å². The van der Waals surface area contributed by atoms with E-state index >= 15 is 0 Å². The summed E-state index contributed by atoms with van der Waals surface area (Å²) in [5.74, 6) is 1.81. The van der Waals surface area contributed by atoms with Crippen LogP contribution in [0.3, 0.4) is 0 Å². The molecular weight excluding hydrogens is 236 g/mol. The lowest BCUT2D eigenvalue weighted by Gasteiger charge is -2.39. The van der Waals surface area contributed by atoms with Crippen LogP contribution in [0.5, 0.6) is 5.75 Å². The fraction of sp³-hybridized carbons (Fsp3) is 0.625. The Morgan fingerprint density at radius 2 is 2.26 bits per heavy atom. The zero-order valence-electron chi connectivity index (χ0n) is 11.9. The first-order valence-electron chi connectivity index (χ1n) is 7.48. The molecule has 0 aliphatic carbocycles. The van der Waals surface area contributed by atoms with Crippen LogP contribution in [-0.2, 0) is 0 Å². The summed E-state index contributed by atoms with van der Waals surface area (Å²) in [5.41, 5.74) is 1.37. The van der Waals surface area contributed by atoms with Crippen LogP contribution in [0.4, 0.5) is 0 Å². The molecule has 1 aromatic carbocycles. The third kappa shape index (κ3) is 2.49. The Bertz CT molecular complexity index is 435. The number of nitrogens with zero attached hydrogens (tertiary/aromatic N) is 1. The molecule has 1 N–H and O–H groups in total. The predicted octanol–water partition coefficient (Wildman–Crippen LogP) is 2.44. The van der Waals surface area contributed by atoms with Crippen LogP contribution in [0.15, 0.2) is 24.3 Å². The van der Waals surface area contributed by atoms with Gasteiger partial charge in [0.2, 0.25) is 0 Å². The second kappa shape index (κ2) is 5.51. The third-order valence-corrected chi connectivity index (χ3v) is 4.68. The van der Waals surface area contributed by atoms with E-state index in [1.165, 1.54) is 12.0 Å². The number of ether oxygens (including phenoxy) is 1. The number of hydrogen-bond donors (Lipinski definition) is 1. The highest BCUT2D eigenvalue weighted by Gasteiger charge is 2.33. The van der Waals surface area contributed by atoms with Gasteiger partial charge in [-0.2, -0.15) is 0 Å². The highest BCUT2D eigenvalue weighted by Crippen LogP contribution is 2.36. The summed E-state index contributed by atoms with van der Waals surface area (Å²) >= 11 is 0. The van der Waals surface area contributed by atoms with E-state index in [1.54, 1.807) is 0 Å². The van der Waals surface area contributed by atoms with E-state index in [-0.39, 0.29) is 0 Å². The molecule has 2 aliphatic rings. The Labute approximate surface area is 115 Å². The number of nitrogens with one attached hydrogen (secondary N) is 1. The van der Waals surface area contributed by atoms with Gasteiger partial charge in [-0.15, -0.1) is 0 Å². The lowest BCUT2D eigenvalue weighted by Crippen LogP contribution is -2.54. The van der Waals surface area contributed by atoms with E-state index in [2.05, 4.69) is 48.3 Å². The van der Waals surface area contributed by atoms with Gasteiger partial charge in [0.25, 0.3) is 0 Å². The summed E-state index contributed by atoms with van der Waals surface area (Å²) in [7, 11) is 0. The molecule has 0 bridgehead atoms. The van der Waals surface area contributed by atoms with Crippen molar-refractivity contribution in [3.63, 3.8) is 0 Å². The lowest BCUT2D eigenvalue weighted by molar-refractivity contribution is 0.106. The van der Waals surface area contributed by atoms with Gasteiger partial charge in [0.1, 0.15) is 12.4 Å². The normalized spacial score (nSPS) is 28.7. The number of hydrogen-bond acceptors (Lipinski definition) is 3. The molecule has 3 atom stereocenters. The monoisotopic (exact) mass is 260 g/mol. The second-order valence-electron chi connectivity index (χ2n) is 5.81. The van der Waals surface area contributed by atoms with E-state index in [0.717, 1.165) is 37.9 Å². The van der Waals surface area contributed by atoms with E-state index in [1.807, 2.05) is 0 Å². The van der Waals surface area contributed by atoms with Gasteiger partial charge in [0.05, 0.1) is 6.04 Å². The van der Waals surface area contributed by atoms with Crippen molar-refractivity contribution in [2.24, 2.45) is 5.92 Å². The fourth-order valence-corrected chi connectivity index (χ4v) is 3.20. The zero-order chi connectivity index (χ0) is 13.2. The number of rotatable bonds is 3. The van der Waals surface area contributed by atoms with Gasteiger partial charge in [0.15, 0.2) is 0 Å². The molecule has 3 unspecified atom stereocenters. The number of fused-ring (bicyclic) bond motifs is 1. The molecule has 3 heteroatoms. The summed E-state index contributed by atoms with van der Waals surface area (Å²) in [4.78, 5) is 2.60. The smallest absolute Gasteiger partial charge is 0.124 e. The average Bonchev–Trinajstić information content (AvgIpc) is 2.90. The minimum atomic E-state index is 0.449. The minimum Gasteiger partial charge on any atom is -0.491 e. The van der Waals surface area contributed by atoms with Gasteiger partial charge in [-0.25, -0.2) is 0 Å². The van der Waals surface area contributed by atoms with Gasteiger partial charge in [-0.3, -0.25) is 4.90 Å².